The number of nitrogens with one attached hydrogen (secondary N) is 1. The van der Waals surface area contributed by atoms with Crippen molar-refractivity contribution in [2.24, 2.45) is 0 Å². The van der Waals surface area contributed by atoms with Gasteiger partial charge in [-0.15, -0.1) is 0 Å². The summed E-state index contributed by atoms with van der Waals surface area (Å²) in [6, 6.07) is 0.939. The minimum absolute atomic E-state index is 0.0711. The second-order valence-electron chi connectivity index (χ2n) is 3.55. The van der Waals surface area contributed by atoms with Crippen LogP contribution in [-0.2, 0) is 17.3 Å². The zero-order valence-electron chi connectivity index (χ0n) is 9.10. The highest BCUT2D eigenvalue weighted by molar-refractivity contribution is 7.84. The first-order chi connectivity index (χ1) is 7.41. The third kappa shape index (κ3) is 3.06. The van der Waals surface area contributed by atoms with Crippen molar-refractivity contribution in [3.8, 4) is 5.88 Å². The Labute approximate surface area is 94.4 Å². The van der Waals surface area contributed by atoms with Crippen LogP contribution in [0.15, 0.2) is 15.7 Å². The number of hydrogen-bond acceptors (Lipinski definition) is 4. The first-order valence-corrected chi connectivity index (χ1v) is 6.39. The van der Waals surface area contributed by atoms with Crippen molar-refractivity contribution >= 4 is 10.8 Å². The lowest BCUT2D eigenvalue weighted by Crippen LogP contribution is -2.30. The van der Waals surface area contributed by atoms with E-state index in [0.717, 1.165) is 10.6 Å². The third-order valence-electron chi connectivity index (χ3n) is 2.34. The van der Waals surface area contributed by atoms with Gasteiger partial charge in [0.25, 0.3) is 5.56 Å². The predicted octanol–water partition coefficient (Wildman–Crippen LogP) is -0.601. The van der Waals surface area contributed by atoms with Gasteiger partial charge in [-0.05, 0) is 6.42 Å². The fourth-order valence-electron chi connectivity index (χ4n) is 1.20. The summed E-state index contributed by atoms with van der Waals surface area (Å²) in [4.78, 5) is 24.2. The zero-order valence-corrected chi connectivity index (χ0v) is 9.91. The number of rotatable bonds is 4. The number of aromatic nitrogens is 2. The van der Waals surface area contributed by atoms with Gasteiger partial charge in [-0.2, -0.15) is 0 Å². The molecule has 2 N–H and O–H groups in total. The SMILES string of the molecule is CC(CCn1c(O)cc(=O)[nH]c1=O)S(C)=O. The van der Waals surface area contributed by atoms with Gasteiger partial charge in [-0.25, -0.2) is 4.79 Å². The lowest BCUT2D eigenvalue weighted by atomic mass is 10.3. The summed E-state index contributed by atoms with van der Waals surface area (Å²) in [5, 5.41) is 9.32. The Morgan fingerprint density at radius 1 is 1.56 bits per heavy atom. The van der Waals surface area contributed by atoms with Crippen LogP contribution in [0, 0.1) is 0 Å². The fourth-order valence-corrected chi connectivity index (χ4v) is 1.64. The molecule has 0 aliphatic carbocycles. The molecule has 1 aromatic rings. The van der Waals surface area contributed by atoms with Gasteiger partial charge in [-0.3, -0.25) is 18.6 Å². The molecule has 0 radical (unpaired) electrons. The normalized spacial score (nSPS) is 14.6. The molecule has 0 saturated heterocycles. The third-order valence-corrected chi connectivity index (χ3v) is 3.71. The van der Waals surface area contributed by atoms with Gasteiger partial charge in [0.15, 0.2) is 0 Å². The Bertz CT molecular complexity index is 505. The highest BCUT2D eigenvalue weighted by Crippen LogP contribution is 2.05. The average Bonchev–Trinajstić information content (AvgIpc) is 2.15. The predicted molar refractivity (Wildman–Crippen MR) is 61.1 cm³/mol. The monoisotopic (exact) mass is 246 g/mol. The number of H-pyrrole nitrogens is 1. The van der Waals surface area contributed by atoms with Crippen LogP contribution in [0.2, 0.25) is 0 Å². The maximum Gasteiger partial charge on any atom is 0.331 e. The molecular formula is C9H14N2O4S. The highest BCUT2D eigenvalue weighted by Gasteiger charge is 2.09. The van der Waals surface area contributed by atoms with Gasteiger partial charge >= 0.3 is 5.69 Å². The van der Waals surface area contributed by atoms with Gasteiger partial charge < -0.3 is 5.11 Å². The first-order valence-electron chi connectivity index (χ1n) is 4.77. The molecule has 0 aliphatic heterocycles. The van der Waals surface area contributed by atoms with Crippen molar-refractivity contribution in [2.45, 2.75) is 25.1 Å². The molecule has 0 saturated carbocycles. The molecule has 90 valence electrons. The molecule has 2 atom stereocenters. The van der Waals surface area contributed by atoms with Crippen LogP contribution in [0.5, 0.6) is 5.88 Å². The van der Waals surface area contributed by atoms with Crippen molar-refractivity contribution in [1.29, 1.82) is 0 Å². The summed E-state index contributed by atoms with van der Waals surface area (Å²) in [6.07, 6.45) is 2.07. The molecule has 1 rings (SSSR count). The lowest BCUT2D eigenvalue weighted by molar-refractivity contribution is 0.396. The van der Waals surface area contributed by atoms with Gasteiger partial charge in [0.2, 0.25) is 5.88 Å². The van der Waals surface area contributed by atoms with E-state index in [2.05, 4.69) is 0 Å². The van der Waals surface area contributed by atoms with Gasteiger partial charge in [-0.1, -0.05) is 6.92 Å². The summed E-state index contributed by atoms with van der Waals surface area (Å²) in [6.45, 7) is 2.02. The maximum atomic E-state index is 11.3. The van der Waals surface area contributed by atoms with Gasteiger partial charge in [0.1, 0.15) is 0 Å². The zero-order chi connectivity index (χ0) is 12.3. The molecule has 0 aliphatic rings. The van der Waals surface area contributed by atoms with E-state index in [0.29, 0.717) is 6.42 Å². The van der Waals surface area contributed by atoms with E-state index in [4.69, 9.17) is 0 Å². The van der Waals surface area contributed by atoms with Crippen LogP contribution < -0.4 is 11.2 Å². The summed E-state index contributed by atoms with van der Waals surface area (Å²) in [5.74, 6) is -0.372. The van der Waals surface area contributed by atoms with Crippen LogP contribution in [0.4, 0.5) is 0 Å². The second kappa shape index (κ2) is 5.11. The van der Waals surface area contributed by atoms with E-state index in [1.54, 1.807) is 13.2 Å². The molecule has 2 unspecified atom stereocenters. The second-order valence-corrected chi connectivity index (χ2v) is 5.35. The largest absolute Gasteiger partial charge is 0.494 e. The molecular weight excluding hydrogens is 232 g/mol. The molecule has 0 spiro atoms. The molecule has 0 aromatic carbocycles. The number of aromatic amines is 1. The first kappa shape index (κ1) is 12.7. The molecule has 1 aromatic heterocycles. The Kier molecular flexibility index (Phi) is 4.05. The summed E-state index contributed by atoms with van der Waals surface area (Å²) in [7, 11) is -0.971. The molecule has 16 heavy (non-hydrogen) atoms. The summed E-state index contributed by atoms with van der Waals surface area (Å²) >= 11 is 0. The summed E-state index contributed by atoms with van der Waals surface area (Å²) in [5.41, 5.74) is -1.29. The highest BCUT2D eigenvalue weighted by atomic mass is 32.2. The molecule has 1 heterocycles. The Morgan fingerprint density at radius 2 is 2.19 bits per heavy atom. The fraction of sp³-hybridized carbons (Fsp3) is 0.556. The number of hydrogen-bond donors (Lipinski definition) is 2. The van der Waals surface area contributed by atoms with Crippen LogP contribution in [0.1, 0.15) is 13.3 Å². The van der Waals surface area contributed by atoms with Crippen molar-refractivity contribution in [2.75, 3.05) is 6.26 Å². The van der Waals surface area contributed by atoms with E-state index in [9.17, 15) is 18.9 Å². The molecule has 7 heteroatoms. The van der Waals surface area contributed by atoms with E-state index in [1.165, 1.54) is 0 Å². The summed E-state index contributed by atoms with van der Waals surface area (Å²) < 4.78 is 12.1. The Hall–Kier alpha value is -1.37. The van der Waals surface area contributed by atoms with Gasteiger partial charge in [0.05, 0.1) is 6.07 Å². The van der Waals surface area contributed by atoms with Crippen molar-refractivity contribution in [3.05, 3.63) is 26.9 Å². The smallest absolute Gasteiger partial charge is 0.331 e. The van der Waals surface area contributed by atoms with Crippen molar-refractivity contribution in [3.63, 3.8) is 0 Å². The molecule has 0 bridgehead atoms. The molecule has 0 amide bonds. The topological polar surface area (TPSA) is 92.2 Å². The van der Waals surface area contributed by atoms with E-state index < -0.39 is 22.0 Å². The number of aromatic hydroxyl groups is 1. The van der Waals surface area contributed by atoms with Crippen molar-refractivity contribution < 1.29 is 9.32 Å². The Balaban J connectivity index is 2.87. The lowest BCUT2D eigenvalue weighted by Gasteiger charge is -2.10. The van der Waals surface area contributed by atoms with E-state index >= 15 is 0 Å². The van der Waals surface area contributed by atoms with Crippen LogP contribution in [0.25, 0.3) is 0 Å². The van der Waals surface area contributed by atoms with Crippen LogP contribution in [0.3, 0.4) is 0 Å². The Morgan fingerprint density at radius 3 is 2.69 bits per heavy atom. The van der Waals surface area contributed by atoms with Gasteiger partial charge in [0, 0.05) is 28.9 Å². The number of nitrogens with zero attached hydrogens (tertiary/aromatic N) is 1. The molecule has 0 fully saturated rings. The standard InChI is InChI=1S/C9H14N2O4S/c1-6(16(2)15)3-4-11-8(13)5-7(12)10-9(11)14/h5-6,13H,3-4H2,1-2H3,(H,10,12,14). The molecule has 6 nitrogen and oxygen atoms in total. The van der Waals surface area contributed by atoms with E-state index in [-0.39, 0.29) is 17.7 Å². The minimum Gasteiger partial charge on any atom is -0.494 e. The van der Waals surface area contributed by atoms with Crippen LogP contribution in [-0.4, -0.2) is 30.4 Å². The van der Waals surface area contributed by atoms with Crippen LogP contribution >= 0.6 is 0 Å². The van der Waals surface area contributed by atoms with Crippen molar-refractivity contribution in [1.82, 2.24) is 9.55 Å². The average molecular weight is 246 g/mol. The van der Waals surface area contributed by atoms with E-state index in [1.807, 2.05) is 4.98 Å². The maximum absolute atomic E-state index is 11.3. The quantitative estimate of drug-likeness (QED) is 0.742. The minimum atomic E-state index is -0.971.